The number of nitrogens with one attached hydrogen (secondary N) is 1. The zero-order chi connectivity index (χ0) is 25.7. The van der Waals surface area contributed by atoms with Gasteiger partial charge in [-0.2, -0.15) is 0 Å². The summed E-state index contributed by atoms with van der Waals surface area (Å²) < 4.78 is 28.0. The molecule has 0 saturated carbocycles. The summed E-state index contributed by atoms with van der Waals surface area (Å²) in [5.74, 6) is -0.0874. The van der Waals surface area contributed by atoms with Gasteiger partial charge in [-0.3, -0.25) is 14.4 Å². The molecule has 0 spiro atoms. The maximum absolute atomic E-state index is 13.2. The van der Waals surface area contributed by atoms with Crippen LogP contribution in [-0.4, -0.2) is 50.3 Å². The summed E-state index contributed by atoms with van der Waals surface area (Å²) in [7, 11) is -3.73. The number of carbonyl (C=O) groups is 1. The molecule has 5 rings (SSSR count). The molecule has 0 aromatic heterocycles. The summed E-state index contributed by atoms with van der Waals surface area (Å²) in [6.45, 7) is 2.69. The lowest BCUT2D eigenvalue weighted by Gasteiger charge is -2.39. The molecule has 6 nitrogen and oxygen atoms in total. The first-order valence-corrected chi connectivity index (χ1v) is 13.8. The lowest BCUT2D eigenvalue weighted by atomic mass is 9.96. The highest BCUT2D eigenvalue weighted by molar-refractivity contribution is 7.92. The third-order valence-corrected chi connectivity index (χ3v) is 8.03. The van der Waals surface area contributed by atoms with Crippen molar-refractivity contribution < 1.29 is 13.2 Å². The molecular formula is C30H29N3O3S. The van der Waals surface area contributed by atoms with Crippen LogP contribution in [0.25, 0.3) is 0 Å². The predicted octanol–water partition coefficient (Wildman–Crippen LogP) is 5.03. The molecule has 0 radical (unpaired) electrons. The second kappa shape index (κ2) is 11.0. The van der Waals surface area contributed by atoms with Crippen molar-refractivity contribution in [2.24, 2.45) is 0 Å². The maximum Gasteiger partial charge on any atom is 0.261 e. The lowest BCUT2D eigenvalue weighted by Crippen LogP contribution is -2.49. The number of piperazine rings is 1. The number of rotatable bonds is 7. The van der Waals surface area contributed by atoms with E-state index < -0.39 is 10.0 Å². The average Bonchev–Trinajstić information content (AvgIpc) is 2.95. The zero-order valence-electron chi connectivity index (χ0n) is 20.4. The molecule has 0 atom stereocenters. The summed E-state index contributed by atoms with van der Waals surface area (Å²) in [5, 5.41) is 0. The molecule has 0 aliphatic carbocycles. The molecular weight excluding hydrogens is 482 g/mol. The highest BCUT2D eigenvalue weighted by Crippen LogP contribution is 2.29. The number of anilines is 1. The minimum Gasteiger partial charge on any atom is -0.336 e. The molecule has 4 aromatic rings. The van der Waals surface area contributed by atoms with Gasteiger partial charge in [0.1, 0.15) is 0 Å². The number of hydrogen-bond donors (Lipinski definition) is 1. The van der Waals surface area contributed by atoms with E-state index in [0.29, 0.717) is 24.3 Å². The summed E-state index contributed by atoms with van der Waals surface area (Å²) in [4.78, 5) is 17.6. The lowest BCUT2D eigenvalue weighted by molar-refractivity contribution is 0.0597. The van der Waals surface area contributed by atoms with Crippen LogP contribution in [-0.2, 0) is 10.0 Å². The van der Waals surface area contributed by atoms with Crippen LogP contribution >= 0.6 is 0 Å². The largest absolute Gasteiger partial charge is 0.336 e. The van der Waals surface area contributed by atoms with Crippen molar-refractivity contribution >= 4 is 21.6 Å². The first-order valence-electron chi connectivity index (χ1n) is 12.3. The third kappa shape index (κ3) is 5.74. The number of amides is 1. The Morgan fingerprint density at radius 3 is 1.65 bits per heavy atom. The summed E-state index contributed by atoms with van der Waals surface area (Å²) in [5.41, 5.74) is 3.43. The van der Waals surface area contributed by atoms with Crippen LogP contribution in [0.4, 0.5) is 5.69 Å². The van der Waals surface area contributed by atoms with Gasteiger partial charge in [-0.1, -0.05) is 78.9 Å². The fourth-order valence-corrected chi connectivity index (χ4v) is 5.81. The van der Waals surface area contributed by atoms with E-state index in [0.717, 1.165) is 13.1 Å². The average molecular weight is 512 g/mol. The minimum absolute atomic E-state index is 0.0874. The molecule has 1 saturated heterocycles. The minimum atomic E-state index is -3.73. The second-order valence-electron chi connectivity index (χ2n) is 9.05. The highest BCUT2D eigenvalue weighted by atomic mass is 32.2. The predicted molar refractivity (Wildman–Crippen MR) is 146 cm³/mol. The Labute approximate surface area is 218 Å². The van der Waals surface area contributed by atoms with Gasteiger partial charge in [0.15, 0.2) is 0 Å². The van der Waals surface area contributed by atoms with Crippen molar-refractivity contribution in [1.29, 1.82) is 0 Å². The molecule has 1 N–H and O–H groups in total. The number of nitrogens with zero attached hydrogens (tertiary/aromatic N) is 2. The van der Waals surface area contributed by atoms with Crippen molar-refractivity contribution in [3.63, 3.8) is 0 Å². The van der Waals surface area contributed by atoms with E-state index in [4.69, 9.17) is 0 Å². The molecule has 0 unspecified atom stereocenters. The van der Waals surface area contributed by atoms with Crippen molar-refractivity contribution in [1.82, 2.24) is 9.80 Å². The Kier molecular flexibility index (Phi) is 7.35. The van der Waals surface area contributed by atoms with Crippen molar-refractivity contribution in [2.45, 2.75) is 10.9 Å². The molecule has 1 aliphatic rings. The van der Waals surface area contributed by atoms with Gasteiger partial charge in [0, 0.05) is 37.4 Å². The highest BCUT2D eigenvalue weighted by Gasteiger charge is 2.28. The molecule has 188 valence electrons. The standard InChI is InChI=1S/C30H29N3O3S/c34-30(26-16-18-28(19-17-26)37(35,36)31-27-14-8-3-9-15-27)33-22-20-32(21-23-33)29(24-10-4-1-5-11-24)25-12-6-2-7-13-25/h1-19,29,31H,20-23H2. The number of sulfonamides is 1. The van der Waals surface area contributed by atoms with Gasteiger partial charge in [0.2, 0.25) is 0 Å². The number of para-hydroxylation sites is 1. The van der Waals surface area contributed by atoms with E-state index in [1.807, 2.05) is 23.1 Å². The Bertz CT molecular complexity index is 1380. The van der Waals surface area contributed by atoms with Crippen LogP contribution < -0.4 is 4.72 Å². The number of carbonyl (C=O) groups excluding carboxylic acids is 1. The SMILES string of the molecule is O=C(c1ccc(S(=O)(=O)Nc2ccccc2)cc1)N1CCN(C(c2ccccc2)c2ccccc2)CC1. The normalized spacial score (nSPS) is 14.5. The van der Waals surface area contributed by atoms with E-state index in [2.05, 4.69) is 58.2 Å². The number of hydrogen-bond acceptors (Lipinski definition) is 4. The van der Waals surface area contributed by atoms with Crippen LogP contribution in [0.15, 0.2) is 120 Å². The van der Waals surface area contributed by atoms with Crippen LogP contribution in [0.5, 0.6) is 0 Å². The van der Waals surface area contributed by atoms with Gasteiger partial charge in [-0.15, -0.1) is 0 Å². The van der Waals surface area contributed by atoms with E-state index in [-0.39, 0.29) is 16.8 Å². The van der Waals surface area contributed by atoms with Crippen LogP contribution in [0.2, 0.25) is 0 Å². The van der Waals surface area contributed by atoms with Gasteiger partial charge in [0.25, 0.3) is 15.9 Å². The van der Waals surface area contributed by atoms with Crippen molar-refractivity contribution in [3.05, 3.63) is 132 Å². The Balaban J connectivity index is 1.26. The zero-order valence-corrected chi connectivity index (χ0v) is 21.2. The topological polar surface area (TPSA) is 69.7 Å². The first-order chi connectivity index (χ1) is 18.0. The van der Waals surface area contributed by atoms with Crippen LogP contribution in [0.3, 0.4) is 0 Å². The van der Waals surface area contributed by atoms with Gasteiger partial charge in [-0.25, -0.2) is 8.42 Å². The fourth-order valence-electron chi connectivity index (χ4n) is 4.75. The van der Waals surface area contributed by atoms with Gasteiger partial charge in [-0.05, 0) is 47.5 Å². The van der Waals surface area contributed by atoms with Gasteiger partial charge in [0.05, 0.1) is 10.9 Å². The molecule has 1 fully saturated rings. The third-order valence-electron chi connectivity index (χ3n) is 6.63. The van der Waals surface area contributed by atoms with Crippen LogP contribution in [0.1, 0.15) is 27.5 Å². The molecule has 1 amide bonds. The smallest absolute Gasteiger partial charge is 0.261 e. The second-order valence-corrected chi connectivity index (χ2v) is 10.7. The fraction of sp³-hybridized carbons (Fsp3) is 0.167. The molecule has 1 aliphatic heterocycles. The first kappa shape index (κ1) is 24.7. The van der Waals surface area contributed by atoms with Crippen LogP contribution in [0, 0.1) is 0 Å². The summed E-state index contributed by atoms with van der Waals surface area (Å²) in [6.07, 6.45) is 0. The van der Waals surface area contributed by atoms with Gasteiger partial charge >= 0.3 is 0 Å². The number of benzene rings is 4. The van der Waals surface area contributed by atoms with E-state index in [1.54, 1.807) is 36.4 Å². The quantitative estimate of drug-likeness (QED) is 0.378. The summed E-state index contributed by atoms with van der Waals surface area (Å²) in [6, 6.07) is 35.9. The van der Waals surface area contributed by atoms with Crippen molar-refractivity contribution in [3.8, 4) is 0 Å². The Morgan fingerprint density at radius 2 is 1.14 bits per heavy atom. The Morgan fingerprint density at radius 1 is 0.649 bits per heavy atom. The Hall–Kier alpha value is -3.94. The maximum atomic E-state index is 13.2. The molecule has 1 heterocycles. The molecule has 4 aromatic carbocycles. The monoisotopic (exact) mass is 511 g/mol. The van der Waals surface area contributed by atoms with E-state index in [9.17, 15) is 13.2 Å². The molecule has 0 bridgehead atoms. The van der Waals surface area contributed by atoms with Gasteiger partial charge < -0.3 is 4.90 Å². The molecule has 37 heavy (non-hydrogen) atoms. The van der Waals surface area contributed by atoms with Crippen molar-refractivity contribution in [2.75, 3.05) is 30.9 Å². The van der Waals surface area contributed by atoms with E-state index >= 15 is 0 Å². The molecule has 7 heteroatoms. The summed E-state index contributed by atoms with van der Waals surface area (Å²) >= 11 is 0. The van der Waals surface area contributed by atoms with E-state index in [1.165, 1.54) is 23.3 Å².